The summed E-state index contributed by atoms with van der Waals surface area (Å²) in [6.07, 6.45) is 14.6. The minimum Gasteiger partial charge on any atom is -0.447 e. The molecule has 2 aliphatic carbocycles. The SMILES string of the molecule is O=C(c1ncoc1C1CC1)N1CCC2(CCCN(CC3CCCCC3)C2)C1. The largest absolute Gasteiger partial charge is 0.447 e. The van der Waals surface area contributed by atoms with Crippen molar-refractivity contribution in [2.75, 3.05) is 32.7 Å². The molecule has 1 aromatic rings. The summed E-state index contributed by atoms with van der Waals surface area (Å²) in [5.74, 6) is 2.28. The van der Waals surface area contributed by atoms with Crippen LogP contribution in [0.15, 0.2) is 10.8 Å². The lowest BCUT2D eigenvalue weighted by Crippen LogP contribution is -2.47. The van der Waals surface area contributed by atoms with Gasteiger partial charge in [-0.2, -0.15) is 0 Å². The first-order valence-electron chi connectivity index (χ1n) is 11.2. The van der Waals surface area contributed by atoms with E-state index in [4.69, 9.17) is 4.42 Å². The molecule has 1 atom stereocenters. The Balaban J connectivity index is 1.22. The number of aromatic nitrogens is 1. The predicted octanol–water partition coefficient (Wildman–Crippen LogP) is 4.06. The summed E-state index contributed by atoms with van der Waals surface area (Å²) in [6.45, 7) is 5.50. The van der Waals surface area contributed by atoms with Gasteiger partial charge in [0.1, 0.15) is 5.76 Å². The van der Waals surface area contributed by atoms with Crippen LogP contribution in [0.3, 0.4) is 0 Å². The molecule has 1 amide bonds. The molecule has 0 radical (unpaired) electrons. The molecule has 1 spiro atoms. The second-order valence-corrected chi connectivity index (χ2v) is 9.66. The highest BCUT2D eigenvalue weighted by Crippen LogP contribution is 2.43. The summed E-state index contributed by atoms with van der Waals surface area (Å²) < 4.78 is 5.54. The molecule has 4 aliphatic rings. The van der Waals surface area contributed by atoms with Crippen molar-refractivity contribution in [2.45, 2.75) is 70.1 Å². The fourth-order valence-electron chi connectivity index (χ4n) is 5.84. The van der Waals surface area contributed by atoms with Gasteiger partial charge in [-0.3, -0.25) is 4.79 Å². The molecule has 27 heavy (non-hydrogen) atoms. The minimum atomic E-state index is 0.104. The molecule has 0 aromatic carbocycles. The molecular weight excluding hydrogens is 338 g/mol. The second kappa shape index (κ2) is 7.23. The van der Waals surface area contributed by atoms with E-state index in [9.17, 15) is 4.79 Å². The van der Waals surface area contributed by atoms with Gasteiger partial charge in [-0.05, 0) is 57.4 Å². The van der Waals surface area contributed by atoms with Crippen molar-refractivity contribution in [3.05, 3.63) is 17.8 Å². The normalized spacial score (nSPS) is 30.3. The van der Waals surface area contributed by atoms with Gasteiger partial charge in [-0.25, -0.2) is 4.98 Å². The van der Waals surface area contributed by atoms with Gasteiger partial charge in [0.25, 0.3) is 5.91 Å². The predicted molar refractivity (Wildman–Crippen MR) is 104 cm³/mol. The van der Waals surface area contributed by atoms with Crippen molar-refractivity contribution in [2.24, 2.45) is 11.3 Å². The Bertz CT molecular complexity index is 677. The third-order valence-corrected chi connectivity index (χ3v) is 7.45. The number of piperidine rings is 1. The van der Waals surface area contributed by atoms with Crippen LogP contribution in [0.2, 0.25) is 0 Å². The van der Waals surface area contributed by atoms with Crippen LogP contribution in [0.25, 0.3) is 0 Å². The van der Waals surface area contributed by atoms with Gasteiger partial charge in [0.2, 0.25) is 0 Å². The zero-order valence-electron chi connectivity index (χ0n) is 16.5. The van der Waals surface area contributed by atoms with Crippen LogP contribution in [0.5, 0.6) is 0 Å². The van der Waals surface area contributed by atoms with E-state index in [-0.39, 0.29) is 5.91 Å². The van der Waals surface area contributed by atoms with Crippen molar-refractivity contribution >= 4 is 5.91 Å². The smallest absolute Gasteiger partial charge is 0.276 e. The zero-order valence-corrected chi connectivity index (χ0v) is 16.5. The molecule has 0 N–H and O–H groups in total. The van der Waals surface area contributed by atoms with Gasteiger partial charge >= 0.3 is 0 Å². The molecule has 2 aliphatic heterocycles. The van der Waals surface area contributed by atoms with Crippen LogP contribution < -0.4 is 0 Å². The average molecular weight is 372 g/mol. The maximum atomic E-state index is 13.1. The van der Waals surface area contributed by atoms with E-state index in [1.165, 1.54) is 71.0 Å². The summed E-state index contributed by atoms with van der Waals surface area (Å²) in [5, 5.41) is 0. The summed E-state index contributed by atoms with van der Waals surface area (Å²) in [7, 11) is 0. The number of hydrogen-bond donors (Lipinski definition) is 0. The molecule has 0 bridgehead atoms. The van der Waals surface area contributed by atoms with Gasteiger partial charge < -0.3 is 14.2 Å². The Hall–Kier alpha value is -1.36. The third-order valence-electron chi connectivity index (χ3n) is 7.45. The van der Waals surface area contributed by atoms with Gasteiger partial charge in [0, 0.05) is 37.5 Å². The lowest BCUT2D eigenvalue weighted by Gasteiger charge is -2.42. The number of carbonyl (C=O) groups excluding carboxylic acids is 1. The minimum absolute atomic E-state index is 0.104. The summed E-state index contributed by atoms with van der Waals surface area (Å²) in [5.41, 5.74) is 0.899. The van der Waals surface area contributed by atoms with Crippen molar-refractivity contribution in [1.29, 1.82) is 0 Å². The molecule has 2 saturated heterocycles. The van der Waals surface area contributed by atoms with Gasteiger partial charge in [-0.1, -0.05) is 19.3 Å². The quantitative estimate of drug-likeness (QED) is 0.801. The van der Waals surface area contributed by atoms with Crippen molar-refractivity contribution in [3.8, 4) is 0 Å². The summed E-state index contributed by atoms with van der Waals surface area (Å²) in [4.78, 5) is 22.1. The number of nitrogens with zero attached hydrogens (tertiary/aromatic N) is 3. The van der Waals surface area contributed by atoms with Crippen LogP contribution in [0.1, 0.15) is 86.4 Å². The zero-order chi connectivity index (χ0) is 18.3. The number of carbonyl (C=O) groups is 1. The topological polar surface area (TPSA) is 49.6 Å². The van der Waals surface area contributed by atoms with Crippen LogP contribution >= 0.6 is 0 Å². The molecule has 5 rings (SSSR count). The Morgan fingerprint density at radius 3 is 2.74 bits per heavy atom. The molecule has 3 heterocycles. The third kappa shape index (κ3) is 3.67. The van der Waals surface area contributed by atoms with Gasteiger partial charge in [-0.15, -0.1) is 0 Å². The monoisotopic (exact) mass is 371 g/mol. The highest BCUT2D eigenvalue weighted by atomic mass is 16.3. The van der Waals surface area contributed by atoms with E-state index in [0.29, 0.717) is 17.0 Å². The average Bonchev–Trinajstić information content (AvgIpc) is 3.28. The Morgan fingerprint density at radius 1 is 1.07 bits per heavy atom. The Morgan fingerprint density at radius 2 is 1.93 bits per heavy atom. The lowest BCUT2D eigenvalue weighted by molar-refractivity contribution is 0.0626. The first-order valence-corrected chi connectivity index (χ1v) is 11.2. The fraction of sp³-hybridized carbons (Fsp3) is 0.818. The highest BCUT2D eigenvalue weighted by Gasteiger charge is 2.44. The van der Waals surface area contributed by atoms with Crippen LogP contribution in [-0.4, -0.2) is 53.4 Å². The van der Waals surface area contributed by atoms with Crippen LogP contribution in [0.4, 0.5) is 0 Å². The molecule has 2 saturated carbocycles. The Kier molecular flexibility index (Phi) is 4.75. The molecule has 1 unspecified atom stereocenters. The van der Waals surface area contributed by atoms with E-state index in [1.807, 2.05) is 0 Å². The Labute approximate surface area is 162 Å². The van der Waals surface area contributed by atoms with Gasteiger partial charge in [0.15, 0.2) is 12.1 Å². The standard InChI is InChI=1S/C22H33N3O2/c26-21(19-20(18-7-8-18)27-16-23-19)25-12-10-22(15-25)9-4-11-24(14-22)13-17-5-2-1-3-6-17/h16-18H,1-15H2. The van der Waals surface area contributed by atoms with Crippen LogP contribution in [0, 0.1) is 11.3 Å². The second-order valence-electron chi connectivity index (χ2n) is 9.66. The molecule has 5 nitrogen and oxygen atoms in total. The molecule has 1 aromatic heterocycles. The van der Waals surface area contributed by atoms with Crippen LogP contribution in [-0.2, 0) is 0 Å². The molecule has 5 heteroatoms. The van der Waals surface area contributed by atoms with E-state index in [2.05, 4.69) is 14.8 Å². The van der Waals surface area contributed by atoms with Gasteiger partial charge in [0.05, 0.1) is 0 Å². The van der Waals surface area contributed by atoms with Crippen molar-refractivity contribution < 1.29 is 9.21 Å². The summed E-state index contributed by atoms with van der Waals surface area (Å²) >= 11 is 0. The molecule has 4 fully saturated rings. The number of hydrogen-bond acceptors (Lipinski definition) is 4. The van der Waals surface area contributed by atoms with Crippen molar-refractivity contribution in [3.63, 3.8) is 0 Å². The summed E-state index contributed by atoms with van der Waals surface area (Å²) in [6, 6.07) is 0. The maximum absolute atomic E-state index is 13.1. The van der Waals surface area contributed by atoms with Crippen molar-refractivity contribution in [1.82, 2.24) is 14.8 Å². The number of rotatable bonds is 4. The number of likely N-dealkylation sites (tertiary alicyclic amines) is 2. The number of amides is 1. The highest BCUT2D eigenvalue weighted by molar-refractivity contribution is 5.93. The fourth-order valence-corrected chi connectivity index (χ4v) is 5.84. The molecular formula is C22H33N3O2. The lowest BCUT2D eigenvalue weighted by atomic mass is 9.78. The first-order chi connectivity index (χ1) is 13.2. The number of oxazole rings is 1. The van der Waals surface area contributed by atoms with E-state index in [0.717, 1.165) is 44.0 Å². The molecule has 148 valence electrons. The first kappa shape index (κ1) is 17.7. The van der Waals surface area contributed by atoms with E-state index >= 15 is 0 Å². The van der Waals surface area contributed by atoms with E-state index < -0.39 is 0 Å². The van der Waals surface area contributed by atoms with E-state index in [1.54, 1.807) is 0 Å². The maximum Gasteiger partial charge on any atom is 0.276 e.